The van der Waals surface area contributed by atoms with Gasteiger partial charge in [0.15, 0.2) is 6.17 Å². The monoisotopic (exact) mass is 135 g/mol. The normalized spacial score (nSPS) is 12.8. The fourth-order valence-corrected chi connectivity index (χ4v) is 0.320. The average Bonchev–Trinajstić information content (AvgIpc) is 1.82. The van der Waals surface area contributed by atoms with E-state index in [1.54, 1.807) is 0 Å². The van der Waals surface area contributed by atoms with Crippen LogP contribution in [0.4, 0.5) is 4.39 Å². The van der Waals surface area contributed by atoms with Gasteiger partial charge < -0.3 is 10.4 Å². The van der Waals surface area contributed by atoms with Crippen molar-refractivity contribution in [3.8, 4) is 0 Å². The molecule has 0 aromatic heterocycles. The van der Waals surface area contributed by atoms with E-state index < -0.39 is 12.1 Å². The highest BCUT2D eigenvalue weighted by atomic mass is 19.1. The van der Waals surface area contributed by atoms with E-state index in [4.69, 9.17) is 5.11 Å². The maximum atomic E-state index is 11.9. The molecule has 0 rings (SSSR count). The summed E-state index contributed by atoms with van der Waals surface area (Å²) in [6.45, 7) is 1.11. The molecule has 4 heteroatoms. The molecule has 1 unspecified atom stereocenters. The quantitative estimate of drug-likeness (QED) is 0.545. The lowest BCUT2D eigenvalue weighted by atomic mass is 10.4. The molecule has 0 aliphatic heterocycles. The zero-order chi connectivity index (χ0) is 7.28. The van der Waals surface area contributed by atoms with Crippen LogP contribution in [-0.2, 0) is 4.79 Å². The smallest absolute Gasteiger partial charge is 0.254 e. The Bertz CT molecular complexity index is 95.0. The Hall–Kier alpha value is -0.640. The van der Waals surface area contributed by atoms with Crippen LogP contribution in [0.3, 0.4) is 0 Å². The van der Waals surface area contributed by atoms with Gasteiger partial charge in [-0.15, -0.1) is 0 Å². The maximum Gasteiger partial charge on any atom is 0.254 e. The van der Waals surface area contributed by atoms with Crippen LogP contribution in [0.2, 0.25) is 0 Å². The molecule has 9 heavy (non-hydrogen) atoms. The third-order valence-corrected chi connectivity index (χ3v) is 0.772. The summed E-state index contributed by atoms with van der Waals surface area (Å²) in [6, 6.07) is 0. The number of amides is 1. The van der Waals surface area contributed by atoms with Crippen molar-refractivity contribution in [2.75, 3.05) is 13.2 Å². The van der Waals surface area contributed by atoms with Crippen molar-refractivity contribution in [3.05, 3.63) is 0 Å². The number of aliphatic hydroxyl groups excluding tert-OH is 1. The number of hydrogen-bond acceptors (Lipinski definition) is 2. The minimum Gasteiger partial charge on any atom is -0.395 e. The second-order valence-corrected chi connectivity index (χ2v) is 1.63. The number of carbonyl (C=O) groups is 1. The largest absolute Gasteiger partial charge is 0.395 e. The van der Waals surface area contributed by atoms with Crippen molar-refractivity contribution in [1.82, 2.24) is 5.32 Å². The van der Waals surface area contributed by atoms with Crippen LogP contribution in [0.1, 0.15) is 6.92 Å². The molecule has 1 atom stereocenters. The van der Waals surface area contributed by atoms with E-state index in [9.17, 15) is 9.18 Å². The summed E-state index contributed by atoms with van der Waals surface area (Å²) in [7, 11) is 0. The molecule has 3 nitrogen and oxygen atoms in total. The first-order valence-corrected chi connectivity index (χ1v) is 2.71. The van der Waals surface area contributed by atoms with Crippen LogP contribution in [0.25, 0.3) is 0 Å². The van der Waals surface area contributed by atoms with E-state index in [1.807, 2.05) is 0 Å². The van der Waals surface area contributed by atoms with Crippen molar-refractivity contribution < 1.29 is 14.3 Å². The van der Waals surface area contributed by atoms with Gasteiger partial charge in [-0.25, -0.2) is 4.39 Å². The van der Waals surface area contributed by atoms with Gasteiger partial charge in [0.2, 0.25) is 0 Å². The SMILES string of the molecule is CC(F)C(=O)NCCO. The van der Waals surface area contributed by atoms with Gasteiger partial charge in [0.1, 0.15) is 0 Å². The summed E-state index contributed by atoms with van der Waals surface area (Å²) >= 11 is 0. The number of rotatable bonds is 3. The summed E-state index contributed by atoms with van der Waals surface area (Å²) in [5, 5.41) is 10.3. The molecular formula is C5H10FNO2. The number of hydrogen-bond donors (Lipinski definition) is 2. The maximum absolute atomic E-state index is 11.9. The second kappa shape index (κ2) is 4.26. The molecule has 54 valence electrons. The zero-order valence-electron chi connectivity index (χ0n) is 5.22. The molecule has 0 saturated heterocycles. The molecule has 0 bridgehead atoms. The van der Waals surface area contributed by atoms with Gasteiger partial charge in [-0.2, -0.15) is 0 Å². The van der Waals surface area contributed by atoms with E-state index >= 15 is 0 Å². The lowest BCUT2D eigenvalue weighted by Crippen LogP contribution is -2.32. The Morgan fingerprint density at radius 3 is 2.78 bits per heavy atom. The van der Waals surface area contributed by atoms with Gasteiger partial charge in [-0.3, -0.25) is 4.79 Å². The van der Waals surface area contributed by atoms with E-state index in [-0.39, 0.29) is 13.2 Å². The number of nitrogens with one attached hydrogen (secondary N) is 1. The van der Waals surface area contributed by atoms with Crippen LogP contribution >= 0.6 is 0 Å². The highest BCUT2D eigenvalue weighted by molar-refractivity contribution is 5.80. The van der Waals surface area contributed by atoms with Crippen molar-refractivity contribution in [2.45, 2.75) is 13.1 Å². The van der Waals surface area contributed by atoms with Gasteiger partial charge in [0, 0.05) is 6.54 Å². The van der Waals surface area contributed by atoms with Gasteiger partial charge in [-0.05, 0) is 6.92 Å². The molecule has 0 radical (unpaired) electrons. The van der Waals surface area contributed by atoms with E-state index in [1.165, 1.54) is 0 Å². The van der Waals surface area contributed by atoms with E-state index in [0.717, 1.165) is 6.92 Å². The fourth-order valence-electron chi connectivity index (χ4n) is 0.320. The Balaban J connectivity index is 3.28. The Morgan fingerprint density at radius 2 is 2.44 bits per heavy atom. The summed E-state index contributed by atoms with van der Waals surface area (Å²) in [5.41, 5.74) is 0. The standard InChI is InChI=1S/C5H10FNO2/c1-4(6)5(9)7-2-3-8/h4,8H,2-3H2,1H3,(H,7,9). The molecule has 0 fully saturated rings. The third-order valence-electron chi connectivity index (χ3n) is 0.772. The fraction of sp³-hybridized carbons (Fsp3) is 0.800. The molecular weight excluding hydrogens is 125 g/mol. The van der Waals surface area contributed by atoms with Crippen LogP contribution in [0.5, 0.6) is 0 Å². The van der Waals surface area contributed by atoms with Crippen LogP contribution < -0.4 is 5.32 Å². The first-order chi connectivity index (χ1) is 4.18. The number of halogens is 1. The van der Waals surface area contributed by atoms with Crippen molar-refractivity contribution >= 4 is 5.91 Å². The van der Waals surface area contributed by atoms with Gasteiger partial charge in [0.25, 0.3) is 5.91 Å². The predicted molar refractivity (Wildman–Crippen MR) is 30.7 cm³/mol. The van der Waals surface area contributed by atoms with Gasteiger partial charge in [-0.1, -0.05) is 0 Å². The predicted octanol–water partition coefficient (Wildman–Crippen LogP) is -0.547. The zero-order valence-corrected chi connectivity index (χ0v) is 5.22. The lowest BCUT2D eigenvalue weighted by molar-refractivity contribution is -0.125. The first kappa shape index (κ1) is 8.36. The van der Waals surface area contributed by atoms with Crippen LogP contribution in [0, 0.1) is 0 Å². The third kappa shape index (κ3) is 3.90. The van der Waals surface area contributed by atoms with Crippen LogP contribution in [0.15, 0.2) is 0 Å². The Kier molecular flexibility index (Phi) is 3.96. The van der Waals surface area contributed by atoms with Crippen molar-refractivity contribution in [2.24, 2.45) is 0 Å². The van der Waals surface area contributed by atoms with E-state index in [2.05, 4.69) is 5.32 Å². The van der Waals surface area contributed by atoms with E-state index in [0.29, 0.717) is 0 Å². The van der Waals surface area contributed by atoms with Crippen molar-refractivity contribution in [3.63, 3.8) is 0 Å². The van der Waals surface area contributed by atoms with Gasteiger partial charge >= 0.3 is 0 Å². The molecule has 2 N–H and O–H groups in total. The topological polar surface area (TPSA) is 49.3 Å². The molecule has 0 aromatic carbocycles. The van der Waals surface area contributed by atoms with Crippen molar-refractivity contribution in [1.29, 1.82) is 0 Å². The minimum atomic E-state index is -1.49. The molecule has 0 saturated carbocycles. The summed E-state index contributed by atoms with van der Waals surface area (Å²) < 4.78 is 11.9. The first-order valence-electron chi connectivity index (χ1n) is 2.71. The van der Waals surface area contributed by atoms with Crippen LogP contribution in [-0.4, -0.2) is 30.3 Å². The lowest BCUT2D eigenvalue weighted by Gasteiger charge is -2.01. The minimum absolute atomic E-state index is 0.118. The highest BCUT2D eigenvalue weighted by Gasteiger charge is 2.07. The highest BCUT2D eigenvalue weighted by Crippen LogP contribution is 1.85. The number of aliphatic hydroxyl groups is 1. The number of alkyl halides is 1. The molecule has 0 heterocycles. The average molecular weight is 135 g/mol. The molecule has 1 amide bonds. The molecule has 0 aliphatic rings. The second-order valence-electron chi connectivity index (χ2n) is 1.63. The molecule has 0 aromatic rings. The van der Waals surface area contributed by atoms with Gasteiger partial charge in [0.05, 0.1) is 6.61 Å². The summed E-state index contributed by atoms with van der Waals surface area (Å²) in [4.78, 5) is 10.3. The molecule has 0 aliphatic carbocycles. The summed E-state index contributed by atoms with van der Waals surface area (Å²) in [6.07, 6.45) is -1.49. The number of carbonyl (C=O) groups excluding carboxylic acids is 1. The molecule has 0 spiro atoms. The summed E-state index contributed by atoms with van der Waals surface area (Å²) in [5.74, 6) is -0.677. The Morgan fingerprint density at radius 1 is 1.89 bits per heavy atom. The Labute approximate surface area is 52.9 Å².